The van der Waals surface area contributed by atoms with E-state index >= 15 is 0 Å². The van der Waals surface area contributed by atoms with Gasteiger partial charge >= 0.3 is 0 Å². The quantitative estimate of drug-likeness (QED) is 0.647. The number of hydrogen-bond donors (Lipinski definition) is 2. The molecule has 0 atom stereocenters. The summed E-state index contributed by atoms with van der Waals surface area (Å²) in [7, 11) is 0. The fourth-order valence-electron chi connectivity index (χ4n) is 2.24. The van der Waals surface area contributed by atoms with Gasteiger partial charge in [-0.1, -0.05) is 12.1 Å². The van der Waals surface area contributed by atoms with Gasteiger partial charge in [-0.25, -0.2) is 4.99 Å². The number of benzene rings is 1. The number of ether oxygens (including phenoxy) is 1. The minimum absolute atomic E-state index is 0.290. The molecule has 0 bridgehead atoms. The molecule has 1 aromatic carbocycles. The maximum atomic E-state index is 5.91. The molecule has 1 aliphatic rings. The molecule has 2 rings (SSSR count). The Morgan fingerprint density at radius 2 is 2.16 bits per heavy atom. The molecule has 4 heteroatoms. The van der Waals surface area contributed by atoms with Crippen LogP contribution in [0.3, 0.4) is 0 Å². The standard InChI is InChI=1S/C15H23N3O/c1-10(2)19-14-8-13(9-14)18-15(16)17-12-6-4-5-11(3)7-12/h4-7,10,13-14H,8-9H2,1-3H3,(H3,16,17,18). The van der Waals surface area contributed by atoms with Crippen LogP contribution in [0.4, 0.5) is 5.69 Å². The Morgan fingerprint density at radius 3 is 2.79 bits per heavy atom. The average molecular weight is 261 g/mol. The zero-order chi connectivity index (χ0) is 13.8. The Balaban J connectivity index is 1.81. The van der Waals surface area contributed by atoms with Gasteiger partial charge in [0.1, 0.15) is 0 Å². The third kappa shape index (κ3) is 4.24. The summed E-state index contributed by atoms with van der Waals surface area (Å²) < 4.78 is 5.70. The van der Waals surface area contributed by atoms with Crippen molar-refractivity contribution in [2.24, 2.45) is 10.7 Å². The second-order valence-corrected chi connectivity index (χ2v) is 5.44. The highest BCUT2D eigenvalue weighted by Gasteiger charge is 2.30. The van der Waals surface area contributed by atoms with Gasteiger partial charge in [-0.3, -0.25) is 0 Å². The fourth-order valence-corrected chi connectivity index (χ4v) is 2.24. The van der Waals surface area contributed by atoms with Crippen LogP contribution in [0.15, 0.2) is 29.3 Å². The average Bonchev–Trinajstić information content (AvgIpc) is 2.25. The van der Waals surface area contributed by atoms with Crippen molar-refractivity contribution in [2.45, 2.75) is 51.9 Å². The first kappa shape index (κ1) is 13.9. The van der Waals surface area contributed by atoms with Crippen LogP contribution in [0, 0.1) is 6.92 Å². The molecular formula is C15H23N3O. The second kappa shape index (κ2) is 6.06. The van der Waals surface area contributed by atoms with E-state index in [2.05, 4.69) is 37.1 Å². The van der Waals surface area contributed by atoms with Crippen molar-refractivity contribution < 1.29 is 4.74 Å². The molecule has 0 unspecified atom stereocenters. The van der Waals surface area contributed by atoms with Gasteiger partial charge in [0.15, 0.2) is 5.96 Å². The van der Waals surface area contributed by atoms with Crippen molar-refractivity contribution in [2.75, 3.05) is 5.32 Å². The SMILES string of the molecule is Cc1cccc(NC(N)=NC2CC(OC(C)C)C2)c1. The number of guanidine groups is 1. The van der Waals surface area contributed by atoms with Crippen molar-refractivity contribution in [1.82, 2.24) is 0 Å². The predicted molar refractivity (Wildman–Crippen MR) is 79.5 cm³/mol. The number of nitrogens with one attached hydrogen (secondary N) is 1. The van der Waals surface area contributed by atoms with E-state index in [0.717, 1.165) is 18.5 Å². The number of aryl methyl sites for hydroxylation is 1. The largest absolute Gasteiger partial charge is 0.375 e. The molecule has 4 nitrogen and oxygen atoms in total. The summed E-state index contributed by atoms with van der Waals surface area (Å²) in [6.45, 7) is 6.17. The summed E-state index contributed by atoms with van der Waals surface area (Å²) in [5.74, 6) is 0.485. The molecule has 1 saturated carbocycles. The lowest BCUT2D eigenvalue weighted by Crippen LogP contribution is -2.38. The predicted octanol–water partition coefficient (Wildman–Crippen LogP) is 2.68. The molecule has 0 spiro atoms. The van der Waals surface area contributed by atoms with Gasteiger partial charge in [0.25, 0.3) is 0 Å². The third-order valence-electron chi connectivity index (χ3n) is 3.15. The summed E-state index contributed by atoms with van der Waals surface area (Å²) in [4.78, 5) is 4.47. The molecule has 104 valence electrons. The van der Waals surface area contributed by atoms with Crippen LogP contribution in [0.1, 0.15) is 32.3 Å². The molecule has 3 N–H and O–H groups in total. The molecule has 19 heavy (non-hydrogen) atoms. The Labute approximate surface area is 115 Å². The van der Waals surface area contributed by atoms with Crippen LogP contribution in [0.2, 0.25) is 0 Å². The fraction of sp³-hybridized carbons (Fsp3) is 0.533. The Bertz CT molecular complexity index is 450. The van der Waals surface area contributed by atoms with Crippen molar-refractivity contribution in [1.29, 1.82) is 0 Å². The van der Waals surface area contributed by atoms with Crippen molar-refractivity contribution >= 4 is 11.6 Å². The number of nitrogens with two attached hydrogens (primary N) is 1. The highest BCUT2D eigenvalue weighted by atomic mass is 16.5. The van der Waals surface area contributed by atoms with E-state index in [-0.39, 0.29) is 6.10 Å². The molecule has 1 aliphatic carbocycles. The molecule has 0 aliphatic heterocycles. The summed E-state index contributed by atoms with van der Waals surface area (Å²) in [6, 6.07) is 8.38. The first-order valence-corrected chi connectivity index (χ1v) is 6.85. The zero-order valence-corrected chi connectivity index (χ0v) is 11.9. The van der Waals surface area contributed by atoms with E-state index in [9.17, 15) is 0 Å². The molecule has 0 radical (unpaired) electrons. The van der Waals surface area contributed by atoms with Crippen LogP contribution in [-0.2, 0) is 4.74 Å². The van der Waals surface area contributed by atoms with Gasteiger partial charge in [0, 0.05) is 5.69 Å². The summed E-state index contributed by atoms with van der Waals surface area (Å²) in [5.41, 5.74) is 8.09. The second-order valence-electron chi connectivity index (χ2n) is 5.44. The topological polar surface area (TPSA) is 59.6 Å². The van der Waals surface area contributed by atoms with E-state index in [0.29, 0.717) is 18.1 Å². The lowest BCUT2D eigenvalue weighted by molar-refractivity contribution is -0.0428. The van der Waals surface area contributed by atoms with E-state index in [1.54, 1.807) is 0 Å². The van der Waals surface area contributed by atoms with E-state index in [1.165, 1.54) is 5.56 Å². The van der Waals surface area contributed by atoms with E-state index in [1.807, 2.05) is 18.2 Å². The first-order valence-electron chi connectivity index (χ1n) is 6.85. The van der Waals surface area contributed by atoms with Crippen LogP contribution < -0.4 is 11.1 Å². The maximum absolute atomic E-state index is 5.91. The number of anilines is 1. The lowest BCUT2D eigenvalue weighted by atomic mass is 9.90. The van der Waals surface area contributed by atoms with Gasteiger partial charge in [-0.05, 0) is 51.3 Å². The minimum Gasteiger partial charge on any atom is -0.375 e. The maximum Gasteiger partial charge on any atom is 0.193 e. The van der Waals surface area contributed by atoms with Crippen LogP contribution in [0.5, 0.6) is 0 Å². The Hall–Kier alpha value is -1.55. The van der Waals surface area contributed by atoms with Gasteiger partial charge in [0.2, 0.25) is 0 Å². The number of hydrogen-bond acceptors (Lipinski definition) is 2. The first-order chi connectivity index (χ1) is 9.02. The molecule has 0 heterocycles. The van der Waals surface area contributed by atoms with Gasteiger partial charge in [-0.15, -0.1) is 0 Å². The molecule has 0 saturated heterocycles. The van der Waals surface area contributed by atoms with Gasteiger partial charge < -0.3 is 15.8 Å². The molecule has 1 aromatic rings. The number of nitrogens with zero attached hydrogens (tertiary/aromatic N) is 1. The zero-order valence-electron chi connectivity index (χ0n) is 11.9. The normalized spacial score (nSPS) is 23.3. The van der Waals surface area contributed by atoms with Crippen molar-refractivity contribution in [3.05, 3.63) is 29.8 Å². The van der Waals surface area contributed by atoms with Crippen molar-refractivity contribution in [3.63, 3.8) is 0 Å². The number of rotatable bonds is 4. The molecule has 0 amide bonds. The van der Waals surface area contributed by atoms with E-state index < -0.39 is 0 Å². The summed E-state index contributed by atoms with van der Waals surface area (Å²) >= 11 is 0. The Morgan fingerprint density at radius 1 is 1.42 bits per heavy atom. The minimum atomic E-state index is 0.290. The van der Waals surface area contributed by atoms with Crippen LogP contribution in [0.25, 0.3) is 0 Å². The smallest absolute Gasteiger partial charge is 0.193 e. The highest BCUT2D eigenvalue weighted by molar-refractivity contribution is 5.92. The van der Waals surface area contributed by atoms with Gasteiger partial charge in [-0.2, -0.15) is 0 Å². The van der Waals surface area contributed by atoms with E-state index in [4.69, 9.17) is 10.5 Å². The Kier molecular flexibility index (Phi) is 4.43. The lowest BCUT2D eigenvalue weighted by Gasteiger charge is -2.33. The monoisotopic (exact) mass is 261 g/mol. The molecular weight excluding hydrogens is 238 g/mol. The summed E-state index contributed by atoms with van der Waals surface area (Å²) in [6.07, 6.45) is 2.57. The van der Waals surface area contributed by atoms with Crippen LogP contribution in [-0.4, -0.2) is 24.2 Å². The van der Waals surface area contributed by atoms with Gasteiger partial charge in [0.05, 0.1) is 18.2 Å². The molecule has 1 fully saturated rings. The third-order valence-corrected chi connectivity index (χ3v) is 3.15. The van der Waals surface area contributed by atoms with Crippen molar-refractivity contribution in [3.8, 4) is 0 Å². The molecule has 0 aromatic heterocycles. The highest BCUT2D eigenvalue weighted by Crippen LogP contribution is 2.27. The summed E-state index contributed by atoms with van der Waals surface area (Å²) in [5, 5.41) is 3.12. The number of aliphatic imine (C=N–C) groups is 1. The van der Waals surface area contributed by atoms with Crippen LogP contribution >= 0.6 is 0 Å².